The number of hydrogen-bond acceptors (Lipinski definition) is 7. The predicted octanol–water partition coefficient (Wildman–Crippen LogP) is 1.83. The van der Waals surface area contributed by atoms with Crippen LogP contribution in [0.5, 0.6) is 0 Å². The largest absolute Gasteiger partial charge is 0.481 e. The first-order valence-electron chi connectivity index (χ1n) is 10.7. The number of hydrazine groups is 1. The van der Waals surface area contributed by atoms with Gasteiger partial charge in [-0.05, 0) is 25.3 Å². The van der Waals surface area contributed by atoms with Crippen molar-refractivity contribution >= 4 is 28.4 Å². The van der Waals surface area contributed by atoms with Crippen LogP contribution in [0.3, 0.4) is 0 Å². The number of nitrogens with one attached hydrogen (secondary N) is 1. The van der Waals surface area contributed by atoms with Gasteiger partial charge in [0, 0.05) is 55.9 Å². The van der Waals surface area contributed by atoms with Gasteiger partial charge in [-0.2, -0.15) is 0 Å². The lowest BCUT2D eigenvalue weighted by Gasteiger charge is -2.22. The monoisotopic (exact) mass is 429 g/mol. The Bertz CT molecular complexity index is 980. The Balaban J connectivity index is 1.79. The number of aliphatic carboxylic acids is 1. The van der Waals surface area contributed by atoms with Gasteiger partial charge in [0.25, 0.3) is 0 Å². The average Bonchev–Trinajstić information content (AvgIpc) is 3.02. The zero-order valence-electron chi connectivity index (χ0n) is 17.7. The molecule has 1 fully saturated rings. The topological polar surface area (TPSA) is 138 Å². The molecule has 2 aromatic rings. The summed E-state index contributed by atoms with van der Waals surface area (Å²) in [5.41, 5.74) is 8.12. The highest BCUT2D eigenvalue weighted by atomic mass is 16.5. The minimum Gasteiger partial charge on any atom is -0.481 e. The minimum absolute atomic E-state index is 0.0633. The molecule has 3 rings (SSSR count). The van der Waals surface area contributed by atoms with E-state index in [0.717, 1.165) is 38.2 Å². The van der Waals surface area contributed by atoms with Crippen LogP contribution in [-0.2, 0) is 9.53 Å². The second kappa shape index (κ2) is 10.8. The van der Waals surface area contributed by atoms with Gasteiger partial charge in [0.05, 0.1) is 17.8 Å². The number of aromatic amines is 1. The highest BCUT2D eigenvalue weighted by Gasteiger charge is 2.14. The molecule has 0 spiro atoms. The molecule has 1 aromatic carbocycles. The number of rotatable bonds is 9. The average molecular weight is 430 g/mol. The Labute approximate surface area is 181 Å². The number of pyridine rings is 1. The number of nitrogens with two attached hydrogens (primary N) is 2. The first kappa shape index (κ1) is 22.6. The fourth-order valence-electron chi connectivity index (χ4n) is 3.72. The van der Waals surface area contributed by atoms with Crippen LogP contribution in [0.1, 0.15) is 37.7 Å². The fraction of sp³-hybridized carbons (Fsp3) is 0.455. The van der Waals surface area contributed by atoms with Gasteiger partial charge in [0.15, 0.2) is 5.43 Å². The van der Waals surface area contributed by atoms with Crippen LogP contribution in [0.2, 0.25) is 0 Å². The molecule has 31 heavy (non-hydrogen) atoms. The number of carboxylic acid groups (broad SMARTS) is 1. The number of carboxylic acids is 1. The van der Waals surface area contributed by atoms with Crippen molar-refractivity contribution in [2.75, 3.05) is 37.7 Å². The zero-order chi connectivity index (χ0) is 22.2. The van der Waals surface area contributed by atoms with E-state index in [9.17, 15) is 9.59 Å². The Morgan fingerprint density at radius 2 is 2.10 bits per heavy atom. The number of benzene rings is 1. The molecule has 1 saturated heterocycles. The Kier molecular flexibility index (Phi) is 7.91. The molecule has 1 aromatic heterocycles. The third kappa shape index (κ3) is 6.22. The van der Waals surface area contributed by atoms with Crippen molar-refractivity contribution < 1.29 is 14.6 Å². The molecule has 9 nitrogen and oxygen atoms in total. The van der Waals surface area contributed by atoms with Crippen molar-refractivity contribution in [3.05, 3.63) is 46.3 Å². The summed E-state index contributed by atoms with van der Waals surface area (Å²) in [4.78, 5) is 28.9. The molecule has 0 unspecified atom stereocenters. The van der Waals surface area contributed by atoms with Crippen molar-refractivity contribution in [3.8, 4) is 0 Å². The van der Waals surface area contributed by atoms with Gasteiger partial charge in [0.1, 0.15) is 5.82 Å². The van der Waals surface area contributed by atoms with E-state index in [0.29, 0.717) is 48.3 Å². The van der Waals surface area contributed by atoms with E-state index < -0.39 is 5.97 Å². The SMILES string of the molecule is N/C(=C\N(N)CCCCCC(=O)O)c1cccc2c(=O)cc(N3CCCOCC3)[nH]c12. The maximum atomic E-state index is 12.8. The first-order chi connectivity index (χ1) is 15.0. The van der Waals surface area contributed by atoms with Gasteiger partial charge < -0.3 is 30.5 Å². The van der Waals surface area contributed by atoms with Crippen LogP contribution in [0, 0.1) is 0 Å². The Morgan fingerprint density at radius 1 is 1.26 bits per heavy atom. The summed E-state index contributed by atoms with van der Waals surface area (Å²) in [5.74, 6) is 6.03. The molecule has 9 heteroatoms. The van der Waals surface area contributed by atoms with E-state index in [1.807, 2.05) is 6.07 Å². The number of nitrogens with zero attached hydrogens (tertiary/aromatic N) is 2. The maximum absolute atomic E-state index is 12.8. The van der Waals surface area contributed by atoms with E-state index in [1.54, 1.807) is 24.4 Å². The van der Waals surface area contributed by atoms with Crippen LogP contribution < -0.4 is 21.9 Å². The van der Waals surface area contributed by atoms with E-state index in [2.05, 4.69) is 9.88 Å². The lowest BCUT2D eigenvalue weighted by Crippen LogP contribution is -2.28. The van der Waals surface area contributed by atoms with E-state index >= 15 is 0 Å². The van der Waals surface area contributed by atoms with Gasteiger partial charge in [-0.15, -0.1) is 0 Å². The van der Waals surface area contributed by atoms with E-state index in [4.69, 9.17) is 21.4 Å². The second-order valence-electron chi connectivity index (χ2n) is 7.73. The van der Waals surface area contributed by atoms with Gasteiger partial charge >= 0.3 is 5.97 Å². The molecule has 0 amide bonds. The number of H-pyrrole nitrogens is 1. The van der Waals surface area contributed by atoms with Crippen molar-refractivity contribution in [2.45, 2.75) is 32.1 Å². The summed E-state index contributed by atoms with van der Waals surface area (Å²) >= 11 is 0. The van der Waals surface area contributed by atoms with Crippen LogP contribution in [0.15, 0.2) is 35.3 Å². The van der Waals surface area contributed by atoms with Gasteiger partial charge in [-0.3, -0.25) is 9.59 Å². The number of unbranched alkanes of at least 4 members (excludes halogenated alkanes) is 2. The molecule has 2 heterocycles. The molecule has 168 valence electrons. The molecule has 6 N–H and O–H groups in total. The van der Waals surface area contributed by atoms with Crippen LogP contribution in [-0.4, -0.2) is 53.9 Å². The van der Waals surface area contributed by atoms with Crippen molar-refractivity contribution in [3.63, 3.8) is 0 Å². The molecule has 1 aliphatic rings. The van der Waals surface area contributed by atoms with Gasteiger partial charge in [-0.1, -0.05) is 18.6 Å². The molecule has 0 bridgehead atoms. The highest BCUT2D eigenvalue weighted by Crippen LogP contribution is 2.22. The Morgan fingerprint density at radius 3 is 2.90 bits per heavy atom. The number of para-hydroxylation sites is 1. The predicted molar refractivity (Wildman–Crippen MR) is 121 cm³/mol. The number of fused-ring (bicyclic) bond motifs is 1. The number of anilines is 1. The van der Waals surface area contributed by atoms with Gasteiger partial charge in [0.2, 0.25) is 0 Å². The number of carbonyl (C=O) groups is 1. The molecule has 1 aliphatic heterocycles. The van der Waals surface area contributed by atoms with E-state index in [1.165, 1.54) is 5.01 Å². The summed E-state index contributed by atoms with van der Waals surface area (Å²) < 4.78 is 5.52. The third-order valence-corrected chi connectivity index (χ3v) is 5.34. The Hall–Kier alpha value is -3.04. The van der Waals surface area contributed by atoms with E-state index in [-0.39, 0.29) is 11.8 Å². The highest BCUT2D eigenvalue weighted by molar-refractivity contribution is 5.91. The second-order valence-corrected chi connectivity index (χ2v) is 7.73. The standard InChI is InChI=1S/C22H31N5O4/c23-18(15-27(24)10-3-1-2-8-21(29)30)16-6-4-7-17-19(28)14-20(25-22(16)17)26-9-5-12-31-13-11-26/h4,6-7,14-15H,1-3,5,8-13,23-24H2,(H,25,28)(H,29,30)/b18-15-. The third-order valence-electron chi connectivity index (χ3n) is 5.34. The smallest absolute Gasteiger partial charge is 0.303 e. The zero-order valence-corrected chi connectivity index (χ0v) is 17.7. The lowest BCUT2D eigenvalue weighted by molar-refractivity contribution is -0.137. The molecular formula is C22H31N5O4. The maximum Gasteiger partial charge on any atom is 0.303 e. The van der Waals surface area contributed by atoms with Crippen molar-refractivity contribution in [1.82, 2.24) is 9.99 Å². The molecular weight excluding hydrogens is 398 g/mol. The molecule has 0 aliphatic carbocycles. The van der Waals surface area contributed by atoms with Crippen LogP contribution in [0.25, 0.3) is 16.6 Å². The summed E-state index contributed by atoms with van der Waals surface area (Å²) in [6, 6.07) is 7.08. The van der Waals surface area contributed by atoms with Crippen molar-refractivity contribution in [1.29, 1.82) is 0 Å². The fourth-order valence-corrected chi connectivity index (χ4v) is 3.72. The van der Waals surface area contributed by atoms with Crippen molar-refractivity contribution in [2.24, 2.45) is 11.6 Å². The summed E-state index contributed by atoms with van der Waals surface area (Å²) in [7, 11) is 0. The number of aromatic nitrogens is 1. The quantitative estimate of drug-likeness (QED) is 0.269. The van der Waals surface area contributed by atoms with Gasteiger partial charge in [-0.25, -0.2) is 5.84 Å². The summed E-state index contributed by atoms with van der Waals surface area (Å²) in [6.45, 7) is 3.43. The molecule has 0 saturated carbocycles. The number of ether oxygens (including phenoxy) is 1. The normalized spacial score (nSPS) is 15.1. The summed E-state index contributed by atoms with van der Waals surface area (Å²) in [5, 5.41) is 10.8. The molecule has 0 atom stereocenters. The summed E-state index contributed by atoms with van der Waals surface area (Å²) in [6.07, 6.45) is 4.88. The number of hydrogen-bond donors (Lipinski definition) is 4. The lowest BCUT2D eigenvalue weighted by atomic mass is 10.1. The first-order valence-corrected chi connectivity index (χ1v) is 10.7. The van der Waals surface area contributed by atoms with Crippen LogP contribution >= 0.6 is 0 Å². The minimum atomic E-state index is -0.786. The van der Waals surface area contributed by atoms with Crippen LogP contribution in [0.4, 0.5) is 5.82 Å². The molecule has 0 radical (unpaired) electrons.